The molecular formula is C6H11N5O. The zero-order chi connectivity index (χ0) is 8.55. The first kappa shape index (κ1) is 7.35. The molecule has 6 heteroatoms. The fourth-order valence-electron chi connectivity index (χ4n) is 1.39. The van der Waals surface area contributed by atoms with Crippen molar-refractivity contribution in [2.24, 2.45) is 5.73 Å². The fraction of sp³-hybridized carbons (Fsp3) is 0.667. The van der Waals surface area contributed by atoms with E-state index < -0.39 is 0 Å². The van der Waals surface area contributed by atoms with Gasteiger partial charge in [-0.3, -0.25) is 4.98 Å². The number of nitrogens with two attached hydrogens (primary N) is 1. The topological polar surface area (TPSA) is 90.8 Å². The average molecular weight is 169 g/mol. The van der Waals surface area contributed by atoms with Crippen LogP contribution in [0.2, 0.25) is 0 Å². The molecule has 1 saturated heterocycles. The maximum Gasteiger partial charge on any atom is 0.342 e. The second-order valence-electron chi connectivity index (χ2n) is 3.00. The minimum atomic E-state index is -0.273. The number of nitrogens with zero attached hydrogens (tertiary/aromatic N) is 2. The Bertz CT molecular complexity index is 316. The molecule has 12 heavy (non-hydrogen) atoms. The van der Waals surface area contributed by atoms with Crippen molar-refractivity contribution in [3.63, 3.8) is 0 Å². The lowest BCUT2D eigenvalue weighted by Crippen LogP contribution is -2.27. The number of aromatic amines is 2. The summed E-state index contributed by atoms with van der Waals surface area (Å²) in [5.74, 6) is 0.591. The molecule has 4 N–H and O–H groups in total. The summed E-state index contributed by atoms with van der Waals surface area (Å²) in [6, 6.07) is 0.199. The molecule has 0 saturated carbocycles. The molecule has 66 valence electrons. The number of hydrogen-bond acceptors (Lipinski definition) is 4. The lowest BCUT2D eigenvalue weighted by atomic mass is 10.3. The van der Waals surface area contributed by atoms with Gasteiger partial charge in [-0.15, -0.1) is 5.10 Å². The summed E-state index contributed by atoms with van der Waals surface area (Å²) in [5.41, 5.74) is 5.42. The largest absolute Gasteiger partial charge is 0.342 e. The van der Waals surface area contributed by atoms with Gasteiger partial charge in [-0.1, -0.05) is 0 Å². The predicted molar refractivity (Wildman–Crippen MR) is 44.0 cm³/mol. The van der Waals surface area contributed by atoms with Crippen LogP contribution < -0.4 is 16.3 Å². The van der Waals surface area contributed by atoms with Crippen LogP contribution in [0.1, 0.15) is 6.42 Å². The SMILES string of the molecule is NC1CCN(c2n[nH]c(=O)[nH]2)C1. The van der Waals surface area contributed by atoms with E-state index in [9.17, 15) is 4.79 Å². The van der Waals surface area contributed by atoms with Crippen LogP contribution in [0.5, 0.6) is 0 Å². The smallest absolute Gasteiger partial charge is 0.339 e. The first-order valence-electron chi connectivity index (χ1n) is 3.91. The van der Waals surface area contributed by atoms with E-state index in [4.69, 9.17) is 5.73 Å². The van der Waals surface area contributed by atoms with Gasteiger partial charge in [-0.25, -0.2) is 9.89 Å². The Morgan fingerprint density at radius 1 is 1.67 bits per heavy atom. The van der Waals surface area contributed by atoms with E-state index in [1.807, 2.05) is 4.90 Å². The molecule has 0 amide bonds. The Labute approximate surface area is 68.8 Å². The molecule has 0 bridgehead atoms. The Kier molecular flexibility index (Phi) is 1.61. The zero-order valence-electron chi connectivity index (χ0n) is 6.58. The van der Waals surface area contributed by atoms with Crippen LogP contribution >= 0.6 is 0 Å². The number of rotatable bonds is 1. The maximum absolute atomic E-state index is 10.7. The minimum Gasteiger partial charge on any atom is -0.339 e. The molecule has 2 heterocycles. The Balaban J connectivity index is 2.16. The highest BCUT2D eigenvalue weighted by molar-refractivity contribution is 5.29. The third-order valence-electron chi connectivity index (χ3n) is 2.01. The van der Waals surface area contributed by atoms with E-state index in [2.05, 4.69) is 15.2 Å². The number of H-pyrrole nitrogens is 2. The van der Waals surface area contributed by atoms with E-state index in [0.29, 0.717) is 5.95 Å². The van der Waals surface area contributed by atoms with Crippen LogP contribution in [0.25, 0.3) is 0 Å². The molecule has 0 aromatic carbocycles. The van der Waals surface area contributed by atoms with Crippen LogP contribution in [0.4, 0.5) is 5.95 Å². The Morgan fingerprint density at radius 3 is 3.00 bits per heavy atom. The van der Waals surface area contributed by atoms with E-state index in [1.165, 1.54) is 0 Å². The quantitative estimate of drug-likeness (QED) is 0.484. The average Bonchev–Trinajstić information content (AvgIpc) is 2.58. The molecule has 0 radical (unpaired) electrons. The number of aromatic nitrogens is 3. The highest BCUT2D eigenvalue weighted by Gasteiger charge is 2.21. The summed E-state index contributed by atoms with van der Waals surface area (Å²) < 4.78 is 0. The van der Waals surface area contributed by atoms with Gasteiger partial charge in [0.2, 0.25) is 5.95 Å². The molecule has 1 aromatic heterocycles. The van der Waals surface area contributed by atoms with Gasteiger partial charge in [0.05, 0.1) is 0 Å². The van der Waals surface area contributed by atoms with Gasteiger partial charge >= 0.3 is 5.69 Å². The van der Waals surface area contributed by atoms with Gasteiger partial charge in [0.15, 0.2) is 0 Å². The molecule has 0 spiro atoms. The lowest BCUT2D eigenvalue weighted by molar-refractivity contribution is 0.750. The molecule has 6 nitrogen and oxygen atoms in total. The van der Waals surface area contributed by atoms with Crippen molar-refractivity contribution >= 4 is 5.95 Å². The van der Waals surface area contributed by atoms with Gasteiger partial charge in [-0.2, -0.15) is 0 Å². The van der Waals surface area contributed by atoms with Crippen LogP contribution in [0.15, 0.2) is 4.79 Å². The Morgan fingerprint density at radius 2 is 2.50 bits per heavy atom. The first-order valence-corrected chi connectivity index (χ1v) is 3.91. The zero-order valence-corrected chi connectivity index (χ0v) is 6.58. The van der Waals surface area contributed by atoms with E-state index in [-0.39, 0.29) is 11.7 Å². The molecule has 1 fully saturated rings. The van der Waals surface area contributed by atoms with Crippen molar-refractivity contribution in [1.82, 2.24) is 15.2 Å². The van der Waals surface area contributed by atoms with Gasteiger partial charge in [0.1, 0.15) is 0 Å². The molecule has 1 aromatic rings. The van der Waals surface area contributed by atoms with Crippen molar-refractivity contribution in [1.29, 1.82) is 0 Å². The normalized spacial score (nSPS) is 23.4. The summed E-state index contributed by atoms with van der Waals surface area (Å²) in [6.45, 7) is 1.63. The Hall–Kier alpha value is -1.30. The lowest BCUT2D eigenvalue weighted by Gasteiger charge is -2.12. The van der Waals surface area contributed by atoms with Crippen molar-refractivity contribution in [2.45, 2.75) is 12.5 Å². The summed E-state index contributed by atoms with van der Waals surface area (Å²) in [7, 11) is 0. The summed E-state index contributed by atoms with van der Waals surface area (Å²) in [4.78, 5) is 15.2. The van der Waals surface area contributed by atoms with Crippen molar-refractivity contribution in [2.75, 3.05) is 18.0 Å². The third-order valence-corrected chi connectivity index (χ3v) is 2.01. The predicted octanol–water partition coefficient (Wildman–Crippen LogP) is -1.36. The molecule has 1 unspecified atom stereocenters. The molecule has 1 atom stereocenters. The standard InChI is InChI=1S/C6H11N5O/c7-4-1-2-11(3-4)5-8-6(12)10-9-5/h4H,1-3,7H2,(H2,8,9,10,12). The van der Waals surface area contributed by atoms with Crippen molar-refractivity contribution in [3.8, 4) is 0 Å². The summed E-state index contributed by atoms with van der Waals surface area (Å²) >= 11 is 0. The summed E-state index contributed by atoms with van der Waals surface area (Å²) in [6.07, 6.45) is 0.953. The van der Waals surface area contributed by atoms with Gasteiger partial charge in [0, 0.05) is 19.1 Å². The molecule has 1 aliphatic heterocycles. The maximum atomic E-state index is 10.7. The molecule has 1 aliphatic rings. The second-order valence-corrected chi connectivity index (χ2v) is 3.00. The van der Waals surface area contributed by atoms with Crippen LogP contribution in [-0.2, 0) is 0 Å². The van der Waals surface area contributed by atoms with Crippen molar-refractivity contribution in [3.05, 3.63) is 10.5 Å². The van der Waals surface area contributed by atoms with E-state index in [1.54, 1.807) is 0 Å². The molecular weight excluding hydrogens is 158 g/mol. The molecule has 0 aliphatic carbocycles. The summed E-state index contributed by atoms with van der Waals surface area (Å²) in [5, 5.41) is 6.13. The minimum absolute atomic E-state index is 0.199. The van der Waals surface area contributed by atoms with E-state index >= 15 is 0 Å². The fourth-order valence-corrected chi connectivity index (χ4v) is 1.39. The first-order chi connectivity index (χ1) is 5.75. The number of nitrogens with one attached hydrogen (secondary N) is 2. The monoisotopic (exact) mass is 169 g/mol. The highest BCUT2D eigenvalue weighted by Crippen LogP contribution is 2.11. The number of hydrogen-bond donors (Lipinski definition) is 3. The molecule has 2 rings (SSSR count). The highest BCUT2D eigenvalue weighted by atomic mass is 16.1. The van der Waals surface area contributed by atoms with Gasteiger partial charge < -0.3 is 10.6 Å². The van der Waals surface area contributed by atoms with Crippen LogP contribution in [-0.4, -0.2) is 34.3 Å². The van der Waals surface area contributed by atoms with Gasteiger partial charge in [0.25, 0.3) is 0 Å². The van der Waals surface area contributed by atoms with Crippen LogP contribution in [0.3, 0.4) is 0 Å². The number of anilines is 1. The second kappa shape index (κ2) is 2.63. The van der Waals surface area contributed by atoms with E-state index in [0.717, 1.165) is 19.5 Å². The van der Waals surface area contributed by atoms with Crippen LogP contribution in [0, 0.1) is 0 Å². The van der Waals surface area contributed by atoms with Gasteiger partial charge in [-0.05, 0) is 6.42 Å². The van der Waals surface area contributed by atoms with Crippen molar-refractivity contribution < 1.29 is 0 Å². The third kappa shape index (κ3) is 1.20.